The number of carboxylic acid groups (broad SMARTS) is 2. The molecule has 0 spiro atoms. The van der Waals surface area contributed by atoms with Crippen molar-refractivity contribution < 1.29 is 33.0 Å². The van der Waals surface area contributed by atoms with E-state index in [0.717, 1.165) is 18.0 Å². The monoisotopic (exact) mass is 511 g/mol. The van der Waals surface area contributed by atoms with Crippen LogP contribution in [0.25, 0.3) is 0 Å². The Hall–Kier alpha value is -4.25. The molecule has 0 heterocycles. The zero-order chi connectivity index (χ0) is 26.3. The summed E-state index contributed by atoms with van der Waals surface area (Å²) < 4.78 is 28.6. The smallest absolute Gasteiger partial charge is 0.335 e. The number of carbonyl (C=O) groups is 2. The maximum Gasteiger partial charge on any atom is 0.335 e. The van der Waals surface area contributed by atoms with Crippen LogP contribution in [0.1, 0.15) is 27.1 Å². The van der Waals surface area contributed by atoms with Crippen LogP contribution in [0.15, 0.2) is 81.9 Å². The van der Waals surface area contributed by atoms with Gasteiger partial charge in [0.15, 0.2) is 9.84 Å². The lowest BCUT2D eigenvalue weighted by Gasteiger charge is -2.19. The van der Waals surface area contributed by atoms with Crippen molar-refractivity contribution in [3.63, 3.8) is 0 Å². The first-order valence-electron chi connectivity index (χ1n) is 10.8. The number of carboxylic acids is 2. The molecule has 3 aromatic rings. The summed E-state index contributed by atoms with van der Waals surface area (Å²) in [6, 6.07) is 17.2. The Balaban J connectivity index is 1.52. The Morgan fingerprint density at radius 3 is 1.83 bits per heavy atom. The van der Waals surface area contributed by atoms with E-state index in [1.165, 1.54) is 24.3 Å². The fourth-order valence-corrected chi connectivity index (χ4v) is 3.83. The number of hydrogen-bond donors (Lipinski definition) is 2. The second-order valence-electron chi connectivity index (χ2n) is 7.96. The zero-order valence-electron chi connectivity index (χ0n) is 19.7. The summed E-state index contributed by atoms with van der Waals surface area (Å²) in [6.07, 6.45) is 1.76. The van der Waals surface area contributed by atoms with Gasteiger partial charge in [0, 0.05) is 25.5 Å². The van der Waals surface area contributed by atoms with Crippen molar-refractivity contribution in [1.29, 1.82) is 0 Å². The van der Waals surface area contributed by atoms with Gasteiger partial charge in [0.05, 0.1) is 34.0 Å². The largest absolute Gasteiger partial charge is 0.493 e. The lowest BCUT2D eigenvalue weighted by atomic mass is 10.1. The molecule has 0 fully saturated rings. The molecule has 36 heavy (non-hydrogen) atoms. The predicted molar refractivity (Wildman–Crippen MR) is 134 cm³/mol. The van der Waals surface area contributed by atoms with Crippen molar-refractivity contribution in [2.45, 2.75) is 11.3 Å². The van der Waals surface area contributed by atoms with E-state index in [4.69, 9.17) is 14.9 Å². The van der Waals surface area contributed by atoms with E-state index in [0.29, 0.717) is 24.3 Å². The molecule has 188 valence electrons. The molecule has 10 nitrogen and oxygen atoms in total. The molecule has 0 unspecified atom stereocenters. The van der Waals surface area contributed by atoms with Crippen LogP contribution < -0.4 is 9.64 Å². The van der Waals surface area contributed by atoms with Gasteiger partial charge in [0.2, 0.25) is 0 Å². The molecule has 2 N–H and O–H groups in total. The minimum atomic E-state index is -3.26. The number of anilines is 1. The van der Waals surface area contributed by atoms with Gasteiger partial charge in [-0.05, 0) is 73.2 Å². The second-order valence-corrected chi connectivity index (χ2v) is 9.98. The molecule has 3 aromatic carbocycles. The topological polar surface area (TPSA) is 146 Å². The normalized spacial score (nSPS) is 11.4. The van der Waals surface area contributed by atoms with Crippen molar-refractivity contribution >= 4 is 38.8 Å². The van der Waals surface area contributed by atoms with Gasteiger partial charge in [-0.3, -0.25) is 0 Å². The standard InChI is InChI=1S/C25H25N3O7S/c1-28(12-3-13-35-22-15-17(24(29)30)14-18(16-22)25(31)32)21-8-4-19(5-9-21)26-27-20-6-10-23(11-7-20)36(2,33)34/h4-11,14-16H,3,12-13H2,1-2H3,(H,29,30)(H,31,32). The Bertz CT molecular complexity index is 1340. The average molecular weight is 512 g/mol. The summed E-state index contributed by atoms with van der Waals surface area (Å²) in [6.45, 7) is 0.912. The van der Waals surface area contributed by atoms with Gasteiger partial charge in [-0.25, -0.2) is 18.0 Å². The van der Waals surface area contributed by atoms with Crippen LogP contribution in [0.4, 0.5) is 17.1 Å². The van der Waals surface area contributed by atoms with Gasteiger partial charge in [-0.15, -0.1) is 0 Å². The molecule has 0 saturated carbocycles. The minimum Gasteiger partial charge on any atom is -0.493 e. The zero-order valence-corrected chi connectivity index (χ0v) is 20.5. The van der Waals surface area contributed by atoms with Crippen molar-refractivity contribution in [1.82, 2.24) is 0 Å². The average Bonchev–Trinajstić information content (AvgIpc) is 2.85. The number of rotatable bonds is 11. The van der Waals surface area contributed by atoms with Gasteiger partial charge in [-0.1, -0.05) is 0 Å². The van der Waals surface area contributed by atoms with Gasteiger partial charge in [-0.2, -0.15) is 10.2 Å². The second kappa shape index (κ2) is 11.5. The maximum absolute atomic E-state index is 11.5. The van der Waals surface area contributed by atoms with E-state index in [9.17, 15) is 18.0 Å². The third-order valence-electron chi connectivity index (χ3n) is 5.14. The van der Waals surface area contributed by atoms with Gasteiger partial charge in [0.1, 0.15) is 5.75 Å². The van der Waals surface area contributed by atoms with Gasteiger partial charge in [0.25, 0.3) is 0 Å². The quantitative estimate of drug-likeness (QED) is 0.275. The van der Waals surface area contributed by atoms with E-state index in [1.807, 2.05) is 36.2 Å². The number of ether oxygens (including phenoxy) is 1. The molecule has 0 aliphatic heterocycles. The van der Waals surface area contributed by atoms with Crippen LogP contribution in [0, 0.1) is 0 Å². The highest BCUT2D eigenvalue weighted by Gasteiger charge is 2.12. The Labute approximate surface area is 208 Å². The highest BCUT2D eigenvalue weighted by atomic mass is 32.2. The van der Waals surface area contributed by atoms with E-state index < -0.39 is 21.8 Å². The number of benzene rings is 3. The highest BCUT2D eigenvalue weighted by molar-refractivity contribution is 7.90. The number of sulfone groups is 1. The maximum atomic E-state index is 11.5. The molecule has 0 aliphatic carbocycles. The van der Waals surface area contributed by atoms with Crippen molar-refractivity contribution in [3.8, 4) is 5.75 Å². The molecular formula is C25H25N3O7S. The summed E-state index contributed by atoms with van der Waals surface area (Å²) in [7, 11) is -1.35. The van der Waals surface area contributed by atoms with Crippen LogP contribution in [0.3, 0.4) is 0 Å². The highest BCUT2D eigenvalue weighted by Crippen LogP contribution is 2.23. The summed E-state index contributed by atoms with van der Waals surface area (Å²) in [5.41, 5.74) is 1.81. The third kappa shape index (κ3) is 7.37. The lowest BCUT2D eigenvalue weighted by Crippen LogP contribution is -2.20. The number of hydrogen-bond acceptors (Lipinski definition) is 8. The van der Waals surface area contributed by atoms with E-state index in [1.54, 1.807) is 12.1 Å². The summed E-state index contributed by atoms with van der Waals surface area (Å²) in [5.74, 6) is -2.26. The molecular weight excluding hydrogens is 486 g/mol. The molecule has 0 saturated heterocycles. The lowest BCUT2D eigenvalue weighted by molar-refractivity contribution is 0.0696. The van der Waals surface area contributed by atoms with Crippen molar-refractivity contribution in [3.05, 3.63) is 77.9 Å². The Morgan fingerprint density at radius 2 is 1.36 bits per heavy atom. The van der Waals surface area contributed by atoms with E-state index >= 15 is 0 Å². The molecule has 3 rings (SSSR count). The van der Waals surface area contributed by atoms with E-state index in [-0.39, 0.29) is 28.4 Å². The molecule has 0 radical (unpaired) electrons. The Morgan fingerprint density at radius 1 is 0.861 bits per heavy atom. The first-order chi connectivity index (χ1) is 17.0. The summed E-state index contributed by atoms with van der Waals surface area (Å²) >= 11 is 0. The number of nitrogens with zero attached hydrogens (tertiary/aromatic N) is 3. The first-order valence-corrected chi connectivity index (χ1v) is 12.7. The third-order valence-corrected chi connectivity index (χ3v) is 6.27. The summed E-state index contributed by atoms with van der Waals surface area (Å²) in [4.78, 5) is 24.6. The van der Waals surface area contributed by atoms with E-state index in [2.05, 4.69) is 10.2 Å². The number of azo groups is 1. The minimum absolute atomic E-state index is 0.148. The van der Waals surface area contributed by atoms with Crippen LogP contribution in [0.2, 0.25) is 0 Å². The van der Waals surface area contributed by atoms with Gasteiger partial charge < -0.3 is 19.8 Å². The molecule has 0 atom stereocenters. The van der Waals surface area contributed by atoms with Gasteiger partial charge >= 0.3 is 11.9 Å². The SMILES string of the molecule is CN(CCCOc1cc(C(=O)O)cc(C(=O)O)c1)c1ccc(N=Nc2ccc(S(C)(=O)=O)cc2)cc1. The van der Waals surface area contributed by atoms with Crippen molar-refractivity contribution in [2.75, 3.05) is 31.4 Å². The van der Waals surface area contributed by atoms with Crippen LogP contribution in [0.5, 0.6) is 5.75 Å². The molecule has 11 heteroatoms. The molecule has 0 bridgehead atoms. The molecule has 0 amide bonds. The Kier molecular flexibility index (Phi) is 8.38. The first kappa shape index (κ1) is 26.4. The van der Waals surface area contributed by atoms with Crippen LogP contribution in [-0.4, -0.2) is 57.0 Å². The fourth-order valence-electron chi connectivity index (χ4n) is 3.20. The van der Waals surface area contributed by atoms with Crippen LogP contribution >= 0.6 is 0 Å². The molecule has 0 aromatic heterocycles. The fraction of sp³-hybridized carbons (Fsp3) is 0.200. The van der Waals surface area contributed by atoms with Crippen molar-refractivity contribution in [2.24, 2.45) is 10.2 Å². The molecule has 0 aliphatic rings. The summed E-state index contributed by atoms with van der Waals surface area (Å²) in [5, 5.41) is 26.6. The van der Waals surface area contributed by atoms with Crippen LogP contribution in [-0.2, 0) is 9.84 Å². The predicted octanol–water partition coefficient (Wildman–Crippen LogP) is 4.81. The number of aromatic carboxylic acids is 2.